The van der Waals surface area contributed by atoms with Crippen LogP contribution in [-0.2, 0) is 5.31 Å². The fraction of sp³-hybridized carbons (Fsp3) is 0.261. The molecule has 1 aromatic heterocycles. The van der Waals surface area contributed by atoms with Crippen LogP contribution in [0.5, 0.6) is 0 Å². The van der Waals surface area contributed by atoms with Crippen molar-refractivity contribution < 1.29 is 0 Å². The smallest absolute Gasteiger partial charge is 0.115 e. The van der Waals surface area contributed by atoms with Gasteiger partial charge in [0.2, 0.25) is 0 Å². The van der Waals surface area contributed by atoms with E-state index >= 15 is 0 Å². The Morgan fingerprint density at radius 1 is 0.720 bits per heavy atom. The molecular formula is C23H24BN. The summed E-state index contributed by atoms with van der Waals surface area (Å²) in [5.74, 6) is 0. The first-order chi connectivity index (χ1) is 12.2. The Kier molecular flexibility index (Phi) is 4.44. The van der Waals surface area contributed by atoms with Gasteiger partial charge in [-0.15, -0.1) is 0 Å². The average molecular weight is 325 g/mol. The summed E-state index contributed by atoms with van der Waals surface area (Å²) in [7, 11) is 2.42. The van der Waals surface area contributed by atoms with Gasteiger partial charge in [0.15, 0.2) is 0 Å². The van der Waals surface area contributed by atoms with Crippen molar-refractivity contribution in [2.75, 3.05) is 0 Å². The molecule has 1 fully saturated rings. The third-order valence-corrected chi connectivity index (χ3v) is 5.68. The largest absolute Gasteiger partial charge is 0.256 e. The van der Waals surface area contributed by atoms with Crippen LogP contribution >= 0.6 is 0 Å². The second-order valence-corrected chi connectivity index (χ2v) is 7.50. The van der Waals surface area contributed by atoms with Crippen molar-refractivity contribution in [3.63, 3.8) is 0 Å². The highest BCUT2D eigenvalue weighted by Crippen LogP contribution is 2.37. The zero-order valence-electron chi connectivity index (χ0n) is 14.9. The SMILES string of the molecule is BC1(c2ccnc(-c3cccc(-c4ccccc4)c3)c2)CCCCC1. The van der Waals surface area contributed by atoms with Gasteiger partial charge in [-0.3, -0.25) is 4.98 Å². The van der Waals surface area contributed by atoms with Crippen molar-refractivity contribution in [1.29, 1.82) is 0 Å². The van der Waals surface area contributed by atoms with Crippen LogP contribution in [0, 0.1) is 0 Å². The second kappa shape index (κ2) is 6.88. The van der Waals surface area contributed by atoms with E-state index in [1.54, 1.807) is 0 Å². The molecule has 25 heavy (non-hydrogen) atoms. The molecule has 0 amide bonds. The molecule has 1 aliphatic carbocycles. The minimum absolute atomic E-state index is 0.312. The first-order valence-corrected chi connectivity index (χ1v) is 9.37. The van der Waals surface area contributed by atoms with Crippen LogP contribution in [0.3, 0.4) is 0 Å². The van der Waals surface area contributed by atoms with Gasteiger partial charge in [-0.2, -0.15) is 0 Å². The molecule has 2 aromatic carbocycles. The number of aromatic nitrogens is 1. The van der Waals surface area contributed by atoms with Crippen molar-refractivity contribution in [2.45, 2.75) is 37.4 Å². The molecule has 1 heterocycles. The topological polar surface area (TPSA) is 12.9 Å². The molecule has 1 nitrogen and oxygen atoms in total. The summed E-state index contributed by atoms with van der Waals surface area (Å²) in [4.78, 5) is 4.67. The number of nitrogens with zero attached hydrogens (tertiary/aromatic N) is 1. The van der Waals surface area contributed by atoms with E-state index in [0.717, 1.165) is 5.69 Å². The fourth-order valence-electron chi connectivity index (χ4n) is 4.07. The van der Waals surface area contributed by atoms with E-state index in [2.05, 4.69) is 79.6 Å². The van der Waals surface area contributed by atoms with Gasteiger partial charge in [0.1, 0.15) is 7.85 Å². The van der Waals surface area contributed by atoms with Crippen molar-refractivity contribution >= 4 is 7.85 Å². The summed E-state index contributed by atoms with van der Waals surface area (Å²) in [6.07, 6.45) is 8.64. The van der Waals surface area contributed by atoms with Gasteiger partial charge in [-0.25, -0.2) is 0 Å². The number of pyridine rings is 1. The van der Waals surface area contributed by atoms with E-state index in [9.17, 15) is 0 Å². The summed E-state index contributed by atoms with van der Waals surface area (Å²) >= 11 is 0. The van der Waals surface area contributed by atoms with Crippen LogP contribution in [0.1, 0.15) is 37.7 Å². The van der Waals surface area contributed by atoms with Crippen molar-refractivity contribution in [2.24, 2.45) is 0 Å². The Hall–Kier alpha value is -2.35. The number of rotatable bonds is 3. The number of hydrogen-bond donors (Lipinski definition) is 0. The van der Waals surface area contributed by atoms with E-state index < -0.39 is 0 Å². The van der Waals surface area contributed by atoms with E-state index in [0.29, 0.717) is 5.31 Å². The molecule has 0 aliphatic heterocycles. The summed E-state index contributed by atoms with van der Waals surface area (Å²) in [6, 6.07) is 23.8. The minimum Gasteiger partial charge on any atom is -0.256 e. The molecule has 1 saturated carbocycles. The zero-order chi connectivity index (χ0) is 17.1. The highest BCUT2D eigenvalue weighted by molar-refractivity contribution is 6.16. The molecule has 0 atom stereocenters. The lowest BCUT2D eigenvalue weighted by Crippen LogP contribution is -2.29. The Labute approximate surface area is 151 Å². The number of benzene rings is 2. The fourth-order valence-corrected chi connectivity index (χ4v) is 4.07. The highest BCUT2D eigenvalue weighted by Gasteiger charge is 2.28. The lowest BCUT2D eigenvalue weighted by molar-refractivity contribution is 0.398. The van der Waals surface area contributed by atoms with E-state index in [1.165, 1.54) is 54.4 Å². The van der Waals surface area contributed by atoms with Gasteiger partial charge in [0.25, 0.3) is 0 Å². The number of hydrogen-bond acceptors (Lipinski definition) is 1. The normalized spacial score (nSPS) is 16.5. The monoisotopic (exact) mass is 325 g/mol. The van der Waals surface area contributed by atoms with Gasteiger partial charge < -0.3 is 0 Å². The lowest BCUT2D eigenvalue weighted by Gasteiger charge is -2.34. The summed E-state index contributed by atoms with van der Waals surface area (Å²) in [5, 5.41) is 0.312. The van der Waals surface area contributed by atoms with E-state index in [1.807, 2.05) is 6.20 Å². The van der Waals surface area contributed by atoms with Crippen molar-refractivity contribution in [3.8, 4) is 22.4 Å². The first-order valence-electron chi connectivity index (χ1n) is 9.37. The molecule has 0 unspecified atom stereocenters. The van der Waals surface area contributed by atoms with Crippen LogP contribution in [0.15, 0.2) is 72.9 Å². The molecule has 3 aromatic rings. The van der Waals surface area contributed by atoms with E-state index in [-0.39, 0.29) is 0 Å². The van der Waals surface area contributed by atoms with Crippen LogP contribution in [-0.4, -0.2) is 12.8 Å². The summed E-state index contributed by atoms with van der Waals surface area (Å²) in [6.45, 7) is 0. The molecular weight excluding hydrogens is 301 g/mol. The molecule has 124 valence electrons. The van der Waals surface area contributed by atoms with Gasteiger partial charge in [0, 0.05) is 11.8 Å². The minimum atomic E-state index is 0.312. The molecule has 4 rings (SSSR count). The van der Waals surface area contributed by atoms with E-state index in [4.69, 9.17) is 0 Å². The van der Waals surface area contributed by atoms with Crippen LogP contribution in [0.2, 0.25) is 0 Å². The Morgan fingerprint density at radius 3 is 2.24 bits per heavy atom. The Balaban J connectivity index is 1.70. The first kappa shape index (κ1) is 16.1. The van der Waals surface area contributed by atoms with Gasteiger partial charge >= 0.3 is 0 Å². The molecule has 0 radical (unpaired) electrons. The van der Waals surface area contributed by atoms with Crippen molar-refractivity contribution in [1.82, 2.24) is 4.98 Å². The summed E-state index contributed by atoms with van der Waals surface area (Å²) in [5.41, 5.74) is 6.22. The van der Waals surface area contributed by atoms with Gasteiger partial charge in [-0.05, 0) is 40.2 Å². The average Bonchev–Trinajstić information content (AvgIpc) is 2.69. The molecule has 0 N–H and O–H groups in total. The maximum absolute atomic E-state index is 4.67. The summed E-state index contributed by atoms with van der Waals surface area (Å²) < 4.78 is 0. The Morgan fingerprint density at radius 2 is 1.44 bits per heavy atom. The maximum atomic E-state index is 4.67. The van der Waals surface area contributed by atoms with Gasteiger partial charge in [-0.1, -0.05) is 80.6 Å². The van der Waals surface area contributed by atoms with Crippen LogP contribution < -0.4 is 0 Å². The molecule has 1 aliphatic rings. The predicted molar refractivity (Wildman–Crippen MR) is 108 cm³/mol. The predicted octanol–water partition coefficient (Wildman–Crippen LogP) is 5.21. The second-order valence-electron chi connectivity index (χ2n) is 7.50. The van der Waals surface area contributed by atoms with Crippen LogP contribution in [0.25, 0.3) is 22.4 Å². The standard InChI is InChI=1S/C23H24BN/c24-23(13-5-2-6-14-23)21-12-15-25-22(17-21)20-11-7-10-19(16-20)18-8-3-1-4-9-18/h1,3-4,7-12,15-17H,2,5-6,13-14,24H2. The highest BCUT2D eigenvalue weighted by atomic mass is 14.7. The maximum Gasteiger partial charge on any atom is 0.115 e. The molecule has 2 heteroatoms. The molecule has 0 saturated heterocycles. The van der Waals surface area contributed by atoms with Crippen LogP contribution in [0.4, 0.5) is 0 Å². The van der Waals surface area contributed by atoms with Gasteiger partial charge in [0.05, 0.1) is 5.69 Å². The zero-order valence-corrected chi connectivity index (χ0v) is 14.9. The lowest BCUT2D eigenvalue weighted by atomic mass is 9.57. The van der Waals surface area contributed by atoms with Crippen molar-refractivity contribution in [3.05, 3.63) is 78.5 Å². The third kappa shape index (κ3) is 3.39. The Bertz CT molecular complexity index is 851. The quantitative estimate of drug-likeness (QED) is 0.603. The third-order valence-electron chi connectivity index (χ3n) is 5.68. The molecule has 0 spiro atoms. The molecule has 0 bridgehead atoms.